The highest BCUT2D eigenvalue weighted by Crippen LogP contribution is 2.15. The molecule has 0 bridgehead atoms. The second-order valence-electron chi connectivity index (χ2n) is 3.97. The van der Waals surface area contributed by atoms with E-state index in [9.17, 15) is 4.79 Å². The SMILES string of the molecule is CC(C)NC(=O)CSC(=S)N1CCCC1. The molecule has 0 aromatic rings. The molecular weight excluding hydrogens is 228 g/mol. The lowest BCUT2D eigenvalue weighted by atomic mass is 10.4. The van der Waals surface area contributed by atoms with Crippen LogP contribution in [0.4, 0.5) is 0 Å². The monoisotopic (exact) mass is 246 g/mol. The van der Waals surface area contributed by atoms with Gasteiger partial charge < -0.3 is 10.2 Å². The maximum atomic E-state index is 11.4. The number of thiocarbonyl (C=S) groups is 1. The van der Waals surface area contributed by atoms with E-state index in [1.54, 1.807) is 0 Å². The summed E-state index contributed by atoms with van der Waals surface area (Å²) >= 11 is 6.72. The fourth-order valence-corrected chi connectivity index (χ4v) is 2.54. The summed E-state index contributed by atoms with van der Waals surface area (Å²) in [6.45, 7) is 6.03. The minimum absolute atomic E-state index is 0.0662. The summed E-state index contributed by atoms with van der Waals surface area (Å²) < 4.78 is 0.867. The third-order valence-corrected chi connectivity index (χ3v) is 3.66. The van der Waals surface area contributed by atoms with Crippen molar-refractivity contribution in [1.29, 1.82) is 0 Å². The van der Waals surface area contributed by atoms with E-state index in [1.807, 2.05) is 13.8 Å². The minimum atomic E-state index is 0.0662. The molecule has 0 saturated carbocycles. The van der Waals surface area contributed by atoms with Crippen LogP contribution >= 0.6 is 24.0 Å². The molecule has 1 aliphatic rings. The summed E-state index contributed by atoms with van der Waals surface area (Å²) in [5.41, 5.74) is 0. The molecule has 0 radical (unpaired) electrons. The summed E-state index contributed by atoms with van der Waals surface area (Å²) in [7, 11) is 0. The van der Waals surface area contributed by atoms with Gasteiger partial charge in [-0.1, -0.05) is 24.0 Å². The van der Waals surface area contributed by atoms with Gasteiger partial charge in [-0.3, -0.25) is 4.79 Å². The van der Waals surface area contributed by atoms with Crippen molar-refractivity contribution in [1.82, 2.24) is 10.2 Å². The van der Waals surface area contributed by atoms with Gasteiger partial charge in [0.15, 0.2) is 0 Å². The first-order valence-corrected chi connectivity index (χ1v) is 6.70. The first-order chi connectivity index (χ1) is 7.09. The van der Waals surface area contributed by atoms with E-state index in [0.717, 1.165) is 17.4 Å². The summed E-state index contributed by atoms with van der Waals surface area (Å²) in [6.07, 6.45) is 2.44. The van der Waals surface area contributed by atoms with Crippen molar-refractivity contribution in [3.63, 3.8) is 0 Å². The summed E-state index contributed by atoms with van der Waals surface area (Å²) in [5, 5.41) is 2.85. The predicted molar refractivity (Wildman–Crippen MR) is 69.1 cm³/mol. The first kappa shape index (κ1) is 12.8. The Kier molecular flexibility index (Phi) is 5.39. The number of likely N-dealkylation sites (tertiary alicyclic amines) is 1. The van der Waals surface area contributed by atoms with Crippen LogP contribution in [0.3, 0.4) is 0 Å². The Bertz CT molecular complexity index is 238. The number of rotatable bonds is 3. The summed E-state index contributed by atoms with van der Waals surface area (Å²) in [4.78, 5) is 13.5. The van der Waals surface area contributed by atoms with Crippen LogP contribution in [0.25, 0.3) is 0 Å². The molecule has 1 fully saturated rings. The number of carbonyl (C=O) groups excluding carboxylic acids is 1. The van der Waals surface area contributed by atoms with Crippen molar-refractivity contribution < 1.29 is 4.79 Å². The van der Waals surface area contributed by atoms with Crippen LogP contribution in [0.2, 0.25) is 0 Å². The second kappa shape index (κ2) is 6.33. The molecule has 1 rings (SSSR count). The normalized spacial score (nSPS) is 15.8. The van der Waals surface area contributed by atoms with Gasteiger partial charge in [0.2, 0.25) is 5.91 Å². The molecule has 0 unspecified atom stereocenters. The number of amides is 1. The molecule has 15 heavy (non-hydrogen) atoms. The number of thioether (sulfide) groups is 1. The lowest BCUT2D eigenvalue weighted by molar-refractivity contribution is -0.119. The van der Waals surface area contributed by atoms with Crippen LogP contribution in [0.15, 0.2) is 0 Å². The zero-order chi connectivity index (χ0) is 11.3. The number of hydrogen-bond donors (Lipinski definition) is 1. The van der Waals surface area contributed by atoms with Crippen LogP contribution in [-0.2, 0) is 4.79 Å². The Morgan fingerprint density at radius 2 is 2.07 bits per heavy atom. The fourth-order valence-electron chi connectivity index (χ4n) is 1.48. The van der Waals surface area contributed by atoms with E-state index in [4.69, 9.17) is 12.2 Å². The maximum Gasteiger partial charge on any atom is 0.230 e. The molecule has 1 aliphatic heterocycles. The quantitative estimate of drug-likeness (QED) is 0.767. The van der Waals surface area contributed by atoms with Crippen LogP contribution in [0.1, 0.15) is 26.7 Å². The van der Waals surface area contributed by atoms with Gasteiger partial charge >= 0.3 is 0 Å². The van der Waals surface area contributed by atoms with Crippen molar-refractivity contribution in [2.75, 3.05) is 18.8 Å². The Balaban J connectivity index is 2.18. The Morgan fingerprint density at radius 3 is 2.60 bits per heavy atom. The molecular formula is C10H18N2OS2. The van der Waals surface area contributed by atoms with E-state index < -0.39 is 0 Å². The number of nitrogens with zero attached hydrogens (tertiary/aromatic N) is 1. The number of nitrogens with one attached hydrogen (secondary N) is 1. The van der Waals surface area contributed by atoms with Gasteiger partial charge in [0.25, 0.3) is 0 Å². The lowest BCUT2D eigenvalue weighted by Gasteiger charge is -2.17. The van der Waals surface area contributed by atoms with E-state index in [2.05, 4.69) is 10.2 Å². The van der Waals surface area contributed by atoms with Crippen molar-refractivity contribution >= 4 is 34.2 Å². The van der Waals surface area contributed by atoms with Crippen LogP contribution in [0.5, 0.6) is 0 Å². The predicted octanol–water partition coefficient (Wildman–Crippen LogP) is 1.62. The average Bonchev–Trinajstić information content (AvgIpc) is 2.65. The highest BCUT2D eigenvalue weighted by atomic mass is 32.2. The first-order valence-electron chi connectivity index (χ1n) is 5.30. The van der Waals surface area contributed by atoms with Crippen molar-refractivity contribution in [2.24, 2.45) is 0 Å². The highest BCUT2D eigenvalue weighted by molar-refractivity contribution is 8.23. The standard InChI is InChI=1S/C10H18N2OS2/c1-8(2)11-9(13)7-15-10(14)12-5-3-4-6-12/h8H,3-7H2,1-2H3,(H,11,13). The molecule has 5 heteroatoms. The van der Waals surface area contributed by atoms with Gasteiger partial charge in [0.05, 0.1) is 5.75 Å². The number of carbonyl (C=O) groups is 1. The summed E-state index contributed by atoms with van der Waals surface area (Å²) in [6, 6.07) is 0.207. The molecule has 0 spiro atoms. The molecule has 3 nitrogen and oxygen atoms in total. The topological polar surface area (TPSA) is 32.3 Å². The highest BCUT2D eigenvalue weighted by Gasteiger charge is 2.16. The minimum Gasteiger partial charge on any atom is -0.358 e. The lowest BCUT2D eigenvalue weighted by Crippen LogP contribution is -2.33. The van der Waals surface area contributed by atoms with Gasteiger partial charge in [-0.25, -0.2) is 0 Å². The average molecular weight is 246 g/mol. The molecule has 1 saturated heterocycles. The maximum absolute atomic E-state index is 11.4. The Labute approximate surface area is 101 Å². The van der Waals surface area contributed by atoms with E-state index in [-0.39, 0.29) is 11.9 Å². The summed E-state index contributed by atoms with van der Waals surface area (Å²) in [5.74, 6) is 0.504. The smallest absolute Gasteiger partial charge is 0.230 e. The third kappa shape index (κ3) is 4.84. The Morgan fingerprint density at radius 1 is 1.47 bits per heavy atom. The van der Waals surface area contributed by atoms with E-state index >= 15 is 0 Å². The van der Waals surface area contributed by atoms with Gasteiger partial charge in [0.1, 0.15) is 4.32 Å². The molecule has 86 valence electrons. The zero-order valence-corrected chi connectivity index (χ0v) is 10.9. The zero-order valence-electron chi connectivity index (χ0n) is 9.28. The van der Waals surface area contributed by atoms with Gasteiger partial charge in [-0.05, 0) is 26.7 Å². The third-order valence-electron chi connectivity index (χ3n) is 2.14. The largest absolute Gasteiger partial charge is 0.358 e. The Hall–Kier alpha value is -0.290. The molecule has 1 heterocycles. The molecule has 1 N–H and O–H groups in total. The van der Waals surface area contributed by atoms with Gasteiger partial charge in [0, 0.05) is 19.1 Å². The van der Waals surface area contributed by atoms with E-state index in [1.165, 1.54) is 24.6 Å². The molecule has 0 aliphatic carbocycles. The fraction of sp³-hybridized carbons (Fsp3) is 0.800. The second-order valence-corrected chi connectivity index (χ2v) is 5.58. The van der Waals surface area contributed by atoms with Crippen molar-refractivity contribution in [3.8, 4) is 0 Å². The number of hydrogen-bond acceptors (Lipinski definition) is 3. The molecule has 0 atom stereocenters. The van der Waals surface area contributed by atoms with E-state index in [0.29, 0.717) is 5.75 Å². The van der Waals surface area contributed by atoms with Crippen LogP contribution in [-0.4, -0.2) is 40.0 Å². The molecule has 0 aromatic heterocycles. The van der Waals surface area contributed by atoms with Gasteiger partial charge in [-0.2, -0.15) is 0 Å². The molecule has 1 amide bonds. The van der Waals surface area contributed by atoms with Crippen molar-refractivity contribution in [2.45, 2.75) is 32.7 Å². The van der Waals surface area contributed by atoms with Crippen LogP contribution < -0.4 is 5.32 Å². The van der Waals surface area contributed by atoms with Crippen molar-refractivity contribution in [3.05, 3.63) is 0 Å². The van der Waals surface area contributed by atoms with Crippen LogP contribution in [0, 0.1) is 0 Å². The molecule has 0 aromatic carbocycles. The van der Waals surface area contributed by atoms with Gasteiger partial charge in [-0.15, -0.1) is 0 Å².